The average Bonchev–Trinajstić information content (AvgIpc) is 2.93. The highest BCUT2D eigenvalue weighted by Gasteiger charge is 2.25. The molecule has 2 N–H and O–H groups in total. The number of nitrogens with one attached hydrogen (secondary N) is 2. The van der Waals surface area contributed by atoms with Crippen LogP contribution in [0.15, 0.2) is 78.0 Å². The second kappa shape index (κ2) is 11.1. The number of urea groups is 1. The lowest BCUT2D eigenvalue weighted by molar-refractivity contribution is 0.0981. The summed E-state index contributed by atoms with van der Waals surface area (Å²) in [5.41, 5.74) is 2.22. The van der Waals surface area contributed by atoms with Gasteiger partial charge in [-0.25, -0.2) is 18.2 Å². The van der Waals surface area contributed by atoms with Crippen molar-refractivity contribution in [3.8, 4) is 22.8 Å². The maximum atomic E-state index is 12.5. The van der Waals surface area contributed by atoms with Gasteiger partial charge in [0.1, 0.15) is 0 Å². The summed E-state index contributed by atoms with van der Waals surface area (Å²) in [6, 6.07) is 16.8. The van der Waals surface area contributed by atoms with Crippen LogP contribution in [0.4, 0.5) is 22.1 Å². The third-order valence-electron chi connectivity index (χ3n) is 6.10. The molecular weight excluding hydrogens is 518 g/mol. The van der Waals surface area contributed by atoms with Gasteiger partial charge >= 0.3 is 6.03 Å². The molecule has 1 atom stereocenters. The van der Waals surface area contributed by atoms with Crippen LogP contribution in [0.1, 0.15) is 6.92 Å². The molecule has 1 unspecified atom stereocenters. The van der Waals surface area contributed by atoms with Crippen LogP contribution < -0.4 is 15.5 Å². The van der Waals surface area contributed by atoms with E-state index in [0.717, 1.165) is 6.26 Å². The number of morpholine rings is 1. The Balaban J connectivity index is 1.49. The van der Waals surface area contributed by atoms with E-state index in [2.05, 4.69) is 25.6 Å². The minimum atomic E-state index is -3.53. The van der Waals surface area contributed by atoms with Gasteiger partial charge in [-0.2, -0.15) is 9.97 Å². The number of pyridine rings is 1. The second-order valence-electron chi connectivity index (χ2n) is 9.07. The van der Waals surface area contributed by atoms with Crippen molar-refractivity contribution in [1.82, 2.24) is 19.9 Å². The highest BCUT2D eigenvalue weighted by molar-refractivity contribution is 7.90. The normalized spacial score (nSPS) is 15.5. The standard InChI is InChI=1S/C27H27N7O4S/c1-18-17-38-15-14-34(18)26-32-24(31-25(33-26)22-7-3-4-8-23(22)39(2,36)37)19-9-11-20(12-10-19)29-27(35)30-21-6-5-13-28-16-21/h3-13,16,18H,14-15,17H2,1-2H3,(H2,29,30,35). The number of ether oxygens (including phenoxy) is 1. The predicted molar refractivity (Wildman–Crippen MR) is 148 cm³/mol. The summed E-state index contributed by atoms with van der Waals surface area (Å²) >= 11 is 0. The number of amides is 2. The molecule has 1 aliphatic rings. The molecule has 39 heavy (non-hydrogen) atoms. The molecule has 0 bridgehead atoms. The average molecular weight is 546 g/mol. The quantitative estimate of drug-likeness (QED) is 0.369. The van der Waals surface area contributed by atoms with Crippen molar-refractivity contribution in [2.75, 3.05) is 41.5 Å². The fraction of sp³-hybridized carbons (Fsp3) is 0.222. The summed E-state index contributed by atoms with van der Waals surface area (Å²) in [5.74, 6) is 1.07. The van der Waals surface area contributed by atoms with E-state index in [-0.39, 0.29) is 16.8 Å². The fourth-order valence-corrected chi connectivity index (χ4v) is 5.06. The number of benzene rings is 2. The van der Waals surface area contributed by atoms with E-state index >= 15 is 0 Å². The lowest BCUT2D eigenvalue weighted by Crippen LogP contribution is -2.44. The van der Waals surface area contributed by atoms with E-state index in [9.17, 15) is 13.2 Å². The molecule has 0 saturated carbocycles. The first-order valence-corrected chi connectivity index (χ1v) is 14.2. The van der Waals surface area contributed by atoms with Crippen molar-refractivity contribution >= 4 is 33.2 Å². The molecule has 1 saturated heterocycles. The molecule has 0 radical (unpaired) electrons. The molecule has 0 aliphatic carbocycles. The maximum Gasteiger partial charge on any atom is 0.323 e. The Hall–Kier alpha value is -4.42. The molecule has 200 valence electrons. The number of hydrogen-bond acceptors (Lipinski definition) is 9. The van der Waals surface area contributed by atoms with E-state index < -0.39 is 15.9 Å². The van der Waals surface area contributed by atoms with Crippen molar-refractivity contribution < 1.29 is 17.9 Å². The SMILES string of the molecule is CC1COCCN1c1nc(-c2ccc(NC(=O)Nc3cccnc3)cc2)nc(-c2ccccc2S(C)(=O)=O)n1. The maximum absolute atomic E-state index is 12.5. The molecule has 1 aliphatic heterocycles. The molecule has 11 nitrogen and oxygen atoms in total. The molecule has 2 aromatic heterocycles. The molecule has 5 rings (SSSR count). The van der Waals surface area contributed by atoms with Crippen molar-refractivity contribution in [3.63, 3.8) is 0 Å². The summed E-state index contributed by atoms with van der Waals surface area (Å²) in [6.45, 7) is 3.66. The molecular formula is C27H27N7O4S. The van der Waals surface area contributed by atoms with Crippen LogP contribution in [0.2, 0.25) is 0 Å². The second-order valence-corrected chi connectivity index (χ2v) is 11.1. The largest absolute Gasteiger partial charge is 0.377 e. The first-order valence-electron chi connectivity index (χ1n) is 12.3. The predicted octanol–water partition coefficient (Wildman–Crippen LogP) is 3.87. The van der Waals surface area contributed by atoms with Gasteiger partial charge in [0, 0.05) is 35.8 Å². The van der Waals surface area contributed by atoms with Crippen LogP contribution >= 0.6 is 0 Å². The van der Waals surface area contributed by atoms with E-state index in [1.165, 1.54) is 0 Å². The third-order valence-corrected chi connectivity index (χ3v) is 7.25. The van der Waals surface area contributed by atoms with Gasteiger partial charge in [-0.1, -0.05) is 12.1 Å². The Labute approximate surface area is 226 Å². The van der Waals surface area contributed by atoms with Gasteiger partial charge in [-0.15, -0.1) is 0 Å². The zero-order valence-electron chi connectivity index (χ0n) is 21.4. The summed E-state index contributed by atoms with van der Waals surface area (Å²) in [6.07, 6.45) is 4.34. The molecule has 2 amide bonds. The summed E-state index contributed by atoms with van der Waals surface area (Å²) in [5, 5.41) is 5.50. The van der Waals surface area contributed by atoms with Crippen molar-refractivity contribution in [3.05, 3.63) is 73.1 Å². The summed E-state index contributed by atoms with van der Waals surface area (Å²) in [7, 11) is -3.53. The monoisotopic (exact) mass is 545 g/mol. The number of aromatic nitrogens is 4. The van der Waals surface area contributed by atoms with Gasteiger partial charge in [0.25, 0.3) is 0 Å². The minimum Gasteiger partial charge on any atom is -0.377 e. The molecule has 2 aromatic carbocycles. The van der Waals surface area contributed by atoms with Crippen LogP contribution in [-0.2, 0) is 14.6 Å². The Morgan fingerprint density at radius 3 is 2.41 bits per heavy atom. The van der Waals surface area contributed by atoms with Gasteiger partial charge in [-0.3, -0.25) is 4.98 Å². The van der Waals surface area contributed by atoms with Gasteiger partial charge in [0.05, 0.1) is 36.0 Å². The van der Waals surface area contributed by atoms with Gasteiger partial charge in [0.2, 0.25) is 5.95 Å². The summed E-state index contributed by atoms with van der Waals surface area (Å²) < 4.78 is 30.6. The number of carbonyl (C=O) groups is 1. The topological polar surface area (TPSA) is 139 Å². The Kier molecular flexibility index (Phi) is 7.48. The number of anilines is 3. The van der Waals surface area contributed by atoms with Gasteiger partial charge in [0.15, 0.2) is 21.5 Å². The first kappa shape index (κ1) is 26.2. The molecule has 4 aromatic rings. The van der Waals surface area contributed by atoms with Gasteiger partial charge in [-0.05, 0) is 55.5 Å². The molecule has 1 fully saturated rings. The minimum absolute atomic E-state index is 0.0249. The number of rotatable bonds is 6. The van der Waals surface area contributed by atoms with E-state index in [1.54, 1.807) is 73.1 Å². The number of carbonyl (C=O) groups excluding carboxylic acids is 1. The van der Waals surface area contributed by atoms with Crippen LogP contribution in [0.3, 0.4) is 0 Å². The van der Waals surface area contributed by atoms with E-state index in [0.29, 0.717) is 54.0 Å². The number of nitrogens with zero attached hydrogens (tertiary/aromatic N) is 5. The zero-order valence-corrected chi connectivity index (χ0v) is 22.2. The first-order chi connectivity index (χ1) is 18.8. The van der Waals surface area contributed by atoms with Crippen molar-refractivity contribution in [2.45, 2.75) is 17.9 Å². The third kappa shape index (κ3) is 6.19. The van der Waals surface area contributed by atoms with Crippen LogP contribution in [-0.4, -0.2) is 66.4 Å². The van der Waals surface area contributed by atoms with Crippen LogP contribution in [0.25, 0.3) is 22.8 Å². The van der Waals surface area contributed by atoms with Crippen molar-refractivity contribution in [2.24, 2.45) is 0 Å². The van der Waals surface area contributed by atoms with E-state index in [4.69, 9.17) is 9.72 Å². The van der Waals surface area contributed by atoms with E-state index in [1.807, 2.05) is 11.8 Å². The smallest absolute Gasteiger partial charge is 0.323 e. The fourth-order valence-electron chi connectivity index (χ4n) is 4.17. The molecule has 0 spiro atoms. The molecule has 3 heterocycles. The Morgan fingerprint density at radius 1 is 0.949 bits per heavy atom. The summed E-state index contributed by atoms with van der Waals surface area (Å²) in [4.78, 5) is 32.6. The lowest BCUT2D eigenvalue weighted by atomic mass is 10.1. The highest BCUT2D eigenvalue weighted by Crippen LogP contribution is 2.29. The highest BCUT2D eigenvalue weighted by atomic mass is 32.2. The Bertz CT molecular complexity index is 1580. The van der Waals surface area contributed by atoms with Gasteiger partial charge < -0.3 is 20.3 Å². The number of hydrogen-bond donors (Lipinski definition) is 2. The van der Waals surface area contributed by atoms with Crippen LogP contribution in [0.5, 0.6) is 0 Å². The van der Waals surface area contributed by atoms with Crippen LogP contribution in [0, 0.1) is 0 Å². The number of sulfone groups is 1. The Morgan fingerprint density at radius 2 is 1.69 bits per heavy atom. The lowest BCUT2D eigenvalue weighted by Gasteiger charge is -2.33. The van der Waals surface area contributed by atoms with Crippen molar-refractivity contribution in [1.29, 1.82) is 0 Å². The molecule has 12 heteroatoms. The zero-order chi connectivity index (χ0) is 27.4.